The first-order chi connectivity index (χ1) is 9.67. The molecule has 20 heavy (non-hydrogen) atoms. The molecule has 4 nitrogen and oxygen atoms in total. The molecule has 0 aromatic heterocycles. The Balaban J connectivity index is 2.34. The zero-order valence-corrected chi connectivity index (χ0v) is 13.0. The first kappa shape index (κ1) is 17.0. The van der Waals surface area contributed by atoms with Crippen LogP contribution in [0.2, 0.25) is 0 Å². The molecule has 1 aromatic rings. The van der Waals surface area contributed by atoms with Gasteiger partial charge in [0.25, 0.3) is 0 Å². The van der Waals surface area contributed by atoms with E-state index in [2.05, 4.69) is 31.2 Å². The molecule has 5 heteroatoms. The number of thioether (sulfide) groups is 1. The summed E-state index contributed by atoms with van der Waals surface area (Å²) in [4.78, 5) is 14.9. The van der Waals surface area contributed by atoms with Crippen LogP contribution in [-0.2, 0) is 9.53 Å². The molecule has 1 N–H and O–H groups in total. The summed E-state index contributed by atoms with van der Waals surface area (Å²) < 4.78 is 4.97. The van der Waals surface area contributed by atoms with E-state index in [9.17, 15) is 4.79 Å². The van der Waals surface area contributed by atoms with Crippen LogP contribution in [-0.4, -0.2) is 55.1 Å². The van der Waals surface area contributed by atoms with Gasteiger partial charge >= 0.3 is 0 Å². The quantitative estimate of drug-likeness (QED) is 0.708. The molecule has 1 amide bonds. The van der Waals surface area contributed by atoms with Gasteiger partial charge in [-0.1, -0.05) is 17.7 Å². The molecule has 0 saturated heterocycles. The molecule has 0 saturated carbocycles. The van der Waals surface area contributed by atoms with Gasteiger partial charge in [0.1, 0.15) is 0 Å². The van der Waals surface area contributed by atoms with Crippen molar-refractivity contribution in [3.8, 4) is 0 Å². The van der Waals surface area contributed by atoms with Gasteiger partial charge in [0.2, 0.25) is 5.91 Å². The van der Waals surface area contributed by atoms with E-state index in [0.29, 0.717) is 26.1 Å². The number of methoxy groups -OCH3 is 1. The minimum atomic E-state index is -0.0133. The molecular formula is C15H23NO3S. The van der Waals surface area contributed by atoms with Crippen molar-refractivity contribution in [3.05, 3.63) is 29.8 Å². The highest BCUT2D eigenvalue weighted by Gasteiger charge is 2.12. The van der Waals surface area contributed by atoms with E-state index in [4.69, 9.17) is 9.84 Å². The standard InChI is InChI=1S/C15H23NO3S/c1-13-3-5-14(6-4-13)20-12-7-15(18)16(8-10-17)9-11-19-2/h3-6,17H,7-12H2,1-2H3. The van der Waals surface area contributed by atoms with Crippen molar-refractivity contribution in [2.75, 3.05) is 39.2 Å². The summed E-state index contributed by atoms with van der Waals surface area (Å²) in [6.07, 6.45) is 0.474. The fourth-order valence-corrected chi connectivity index (χ4v) is 2.57. The second-order valence-corrected chi connectivity index (χ2v) is 5.68. The van der Waals surface area contributed by atoms with Crippen LogP contribution < -0.4 is 0 Å². The fourth-order valence-electron chi connectivity index (χ4n) is 1.73. The molecular weight excluding hydrogens is 274 g/mol. The van der Waals surface area contributed by atoms with Gasteiger partial charge in [-0.2, -0.15) is 0 Å². The lowest BCUT2D eigenvalue weighted by Gasteiger charge is -2.21. The number of amides is 1. The largest absolute Gasteiger partial charge is 0.395 e. The Morgan fingerprint density at radius 1 is 1.30 bits per heavy atom. The van der Waals surface area contributed by atoms with Gasteiger partial charge in [-0.15, -0.1) is 11.8 Å². The number of aliphatic hydroxyl groups is 1. The number of ether oxygens (including phenoxy) is 1. The maximum absolute atomic E-state index is 12.0. The van der Waals surface area contributed by atoms with Crippen LogP contribution in [0.25, 0.3) is 0 Å². The SMILES string of the molecule is COCCN(CCO)C(=O)CCSc1ccc(C)cc1. The van der Waals surface area contributed by atoms with Gasteiger partial charge in [-0.05, 0) is 19.1 Å². The zero-order chi connectivity index (χ0) is 14.8. The second-order valence-electron chi connectivity index (χ2n) is 4.51. The lowest BCUT2D eigenvalue weighted by Crippen LogP contribution is -2.36. The third kappa shape index (κ3) is 6.41. The summed E-state index contributed by atoms with van der Waals surface area (Å²) in [6.45, 7) is 3.44. The van der Waals surface area contributed by atoms with Crippen molar-refractivity contribution in [2.24, 2.45) is 0 Å². The van der Waals surface area contributed by atoms with E-state index < -0.39 is 0 Å². The Morgan fingerprint density at radius 2 is 2.00 bits per heavy atom. The van der Waals surface area contributed by atoms with E-state index in [-0.39, 0.29) is 12.5 Å². The summed E-state index contributed by atoms with van der Waals surface area (Å²) >= 11 is 1.68. The predicted octanol–water partition coefficient (Wildman–Crippen LogP) is 1.94. The molecule has 0 fully saturated rings. The summed E-state index contributed by atoms with van der Waals surface area (Å²) in [5, 5.41) is 8.97. The summed E-state index contributed by atoms with van der Waals surface area (Å²) in [5.74, 6) is 0.812. The minimum Gasteiger partial charge on any atom is -0.395 e. The molecule has 0 bridgehead atoms. The van der Waals surface area contributed by atoms with Crippen LogP contribution in [0.4, 0.5) is 0 Å². The Hall–Kier alpha value is -1.04. The molecule has 0 aliphatic heterocycles. The average Bonchev–Trinajstić information content (AvgIpc) is 2.45. The van der Waals surface area contributed by atoms with Gasteiger partial charge in [0, 0.05) is 37.3 Å². The highest BCUT2D eigenvalue weighted by Crippen LogP contribution is 2.19. The fraction of sp³-hybridized carbons (Fsp3) is 0.533. The van der Waals surface area contributed by atoms with Gasteiger partial charge in [-0.3, -0.25) is 4.79 Å². The van der Waals surface area contributed by atoms with Crippen LogP contribution in [0.5, 0.6) is 0 Å². The smallest absolute Gasteiger partial charge is 0.223 e. The number of benzene rings is 1. The molecule has 0 heterocycles. The van der Waals surface area contributed by atoms with Crippen LogP contribution >= 0.6 is 11.8 Å². The van der Waals surface area contributed by atoms with Crippen LogP contribution in [0.1, 0.15) is 12.0 Å². The normalized spacial score (nSPS) is 10.6. The number of hydrogen-bond donors (Lipinski definition) is 1. The lowest BCUT2D eigenvalue weighted by molar-refractivity contribution is -0.131. The number of carbonyl (C=O) groups excluding carboxylic acids is 1. The maximum atomic E-state index is 12.0. The Bertz CT molecular complexity index is 395. The van der Waals surface area contributed by atoms with Gasteiger partial charge < -0.3 is 14.7 Å². The van der Waals surface area contributed by atoms with Crippen molar-refractivity contribution in [2.45, 2.75) is 18.2 Å². The third-order valence-electron chi connectivity index (χ3n) is 2.89. The first-order valence-electron chi connectivity index (χ1n) is 6.74. The zero-order valence-electron chi connectivity index (χ0n) is 12.2. The molecule has 0 aliphatic rings. The van der Waals surface area contributed by atoms with E-state index in [0.717, 1.165) is 5.75 Å². The molecule has 0 unspecified atom stereocenters. The number of hydrogen-bond acceptors (Lipinski definition) is 4. The third-order valence-corrected chi connectivity index (χ3v) is 3.91. The van der Waals surface area contributed by atoms with Crippen LogP contribution in [0.15, 0.2) is 29.2 Å². The first-order valence-corrected chi connectivity index (χ1v) is 7.73. The molecule has 0 aliphatic carbocycles. The summed E-state index contributed by atoms with van der Waals surface area (Å²) in [5.41, 5.74) is 1.24. The summed E-state index contributed by atoms with van der Waals surface area (Å²) in [6, 6.07) is 8.28. The van der Waals surface area contributed by atoms with Crippen LogP contribution in [0, 0.1) is 6.92 Å². The van der Waals surface area contributed by atoms with Crippen molar-refractivity contribution in [1.82, 2.24) is 4.90 Å². The predicted molar refractivity (Wildman–Crippen MR) is 82.1 cm³/mol. The second kappa shape index (κ2) is 9.80. The molecule has 112 valence electrons. The molecule has 1 rings (SSSR count). The van der Waals surface area contributed by atoms with E-state index in [1.807, 2.05) is 0 Å². The van der Waals surface area contributed by atoms with Gasteiger partial charge in [0.15, 0.2) is 0 Å². The monoisotopic (exact) mass is 297 g/mol. The highest BCUT2D eigenvalue weighted by atomic mass is 32.2. The molecule has 0 spiro atoms. The van der Waals surface area contributed by atoms with Crippen molar-refractivity contribution >= 4 is 17.7 Å². The lowest BCUT2D eigenvalue weighted by atomic mass is 10.2. The minimum absolute atomic E-state index is 0.0133. The number of nitrogens with zero attached hydrogens (tertiary/aromatic N) is 1. The number of aliphatic hydroxyl groups excluding tert-OH is 1. The van der Waals surface area contributed by atoms with Gasteiger partial charge in [0.05, 0.1) is 13.2 Å². The van der Waals surface area contributed by atoms with E-state index in [1.165, 1.54) is 10.5 Å². The van der Waals surface area contributed by atoms with Crippen molar-refractivity contribution < 1.29 is 14.6 Å². The Labute approximate surface area is 125 Å². The number of aryl methyl sites for hydroxylation is 1. The Morgan fingerprint density at radius 3 is 2.60 bits per heavy atom. The number of carbonyl (C=O) groups is 1. The van der Waals surface area contributed by atoms with Crippen molar-refractivity contribution in [3.63, 3.8) is 0 Å². The van der Waals surface area contributed by atoms with Crippen LogP contribution in [0.3, 0.4) is 0 Å². The Kier molecular flexibility index (Phi) is 8.34. The molecule has 0 radical (unpaired) electrons. The van der Waals surface area contributed by atoms with Gasteiger partial charge in [-0.25, -0.2) is 0 Å². The van der Waals surface area contributed by atoms with E-state index >= 15 is 0 Å². The van der Waals surface area contributed by atoms with Crippen molar-refractivity contribution in [1.29, 1.82) is 0 Å². The number of rotatable bonds is 9. The highest BCUT2D eigenvalue weighted by molar-refractivity contribution is 7.99. The molecule has 0 atom stereocenters. The maximum Gasteiger partial charge on any atom is 0.223 e. The summed E-state index contributed by atoms with van der Waals surface area (Å²) in [7, 11) is 1.61. The van der Waals surface area contributed by atoms with E-state index in [1.54, 1.807) is 23.8 Å². The topological polar surface area (TPSA) is 49.8 Å². The molecule has 1 aromatic carbocycles. The average molecular weight is 297 g/mol.